The van der Waals surface area contributed by atoms with Crippen LogP contribution in [0.3, 0.4) is 0 Å². The van der Waals surface area contributed by atoms with Crippen LogP contribution in [-0.2, 0) is 13.0 Å². The van der Waals surface area contributed by atoms with Crippen LogP contribution >= 0.6 is 22.9 Å². The third-order valence-corrected chi connectivity index (χ3v) is 4.32. The molecule has 3 nitrogen and oxygen atoms in total. The molecule has 0 aliphatic carbocycles. The molecular weight excluding hydrogens is 278 g/mol. The van der Waals surface area contributed by atoms with Gasteiger partial charge >= 0.3 is 0 Å². The predicted octanol–water partition coefficient (Wildman–Crippen LogP) is 3.24. The van der Waals surface area contributed by atoms with Crippen molar-refractivity contribution < 1.29 is 0 Å². The number of benzene rings is 1. The Labute approximate surface area is 123 Å². The summed E-state index contributed by atoms with van der Waals surface area (Å²) >= 11 is 8.02. The molecule has 0 amide bonds. The number of hydrogen-bond acceptors (Lipinski definition) is 4. The molecule has 0 fully saturated rings. The van der Waals surface area contributed by atoms with E-state index >= 15 is 0 Å². The molecule has 0 aliphatic rings. The van der Waals surface area contributed by atoms with Gasteiger partial charge in [0.15, 0.2) is 0 Å². The summed E-state index contributed by atoms with van der Waals surface area (Å²) in [6.07, 6.45) is 0.835. The number of halogens is 1. The van der Waals surface area contributed by atoms with Crippen molar-refractivity contribution in [2.75, 3.05) is 18.5 Å². The molecule has 5 heteroatoms. The number of nitrogens with two attached hydrogens (primary N) is 1. The van der Waals surface area contributed by atoms with E-state index in [-0.39, 0.29) is 0 Å². The number of anilines is 1. The van der Waals surface area contributed by atoms with Crippen molar-refractivity contribution in [3.8, 4) is 0 Å². The molecular formula is C14H18ClN3S. The van der Waals surface area contributed by atoms with Crippen LogP contribution in [-0.4, -0.2) is 18.6 Å². The first-order chi connectivity index (χ1) is 9.13. The van der Waals surface area contributed by atoms with E-state index in [1.807, 2.05) is 24.6 Å². The monoisotopic (exact) mass is 295 g/mol. The van der Waals surface area contributed by atoms with Gasteiger partial charge in [-0.15, -0.1) is 11.3 Å². The van der Waals surface area contributed by atoms with Crippen molar-refractivity contribution in [1.82, 2.24) is 4.98 Å². The molecule has 0 saturated carbocycles. The fraction of sp³-hybridized carbons (Fsp3) is 0.357. The lowest BCUT2D eigenvalue weighted by Crippen LogP contribution is -2.19. The van der Waals surface area contributed by atoms with Crippen LogP contribution in [0, 0.1) is 6.92 Å². The number of aromatic nitrogens is 1. The zero-order chi connectivity index (χ0) is 13.8. The Morgan fingerprint density at radius 3 is 2.84 bits per heavy atom. The molecule has 102 valence electrons. The fourth-order valence-corrected chi connectivity index (χ4v) is 3.29. The number of thiazole rings is 1. The van der Waals surface area contributed by atoms with Crippen LogP contribution in [0.4, 0.5) is 5.69 Å². The molecule has 1 aromatic heterocycles. The molecule has 2 rings (SSSR count). The lowest BCUT2D eigenvalue weighted by molar-refractivity contribution is 0.895. The maximum Gasteiger partial charge on any atom is 0.0798 e. The summed E-state index contributed by atoms with van der Waals surface area (Å²) < 4.78 is 0. The fourth-order valence-electron chi connectivity index (χ4n) is 2.12. The van der Waals surface area contributed by atoms with Crippen molar-refractivity contribution in [3.63, 3.8) is 0 Å². The van der Waals surface area contributed by atoms with Crippen molar-refractivity contribution in [1.29, 1.82) is 0 Å². The Kier molecular flexibility index (Phi) is 4.80. The molecule has 2 N–H and O–H groups in total. The standard InChI is InChI=1S/C14H18ClN3S/c1-10-13(19-9-17-10)8-18(2)14-11(6-7-16)4-3-5-12(14)15/h3-5,9H,6-8,16H2,1-2H3. The van der Waals surface area contributed by atoms with E-state index in [1.165, 1.54) is 10.4 Å². The third kappa shape index (κ3) is 3.26. The molecule has 0 unspecified atom stereocenters. The average molecular weight is 296 g/mol. The Morgan fingerprint density at radius 2 is 2.21 bits per heavy atom. The smallest absolute Gasteiger partial charge is 0.0798 e. The molecule has 19 heavy (non-hydrogen) atoms. The van der Waals surface area contributed by atoms with Gasteiger partial charge in [-0.05, 0) is 31.5 Å². The van der Waals surface area contributed by atoms with Gasteiger partial charge in [0.25, 0.3) is 0 Å². The molecule has 1 heterocycles. The molecule has 0 bridgehead atoms. The van der Waals surface area contributed by atoms with Crippen molar-refractivity contribution in [3.05, 3.63) is 44.9 Å². The quantitative estimate of drug-likeness (QED) is 0.921. The Morgan fingerprint density at radius 1 is 1.42 bits per heavy atom. The van der Waals surface area contributed by atoms with Gasteiger partial charge in [0.2, 0.25) is 0 Å². The van der Waals surface area contributed by atoms with Crippen LogP contribution < -0.4 is 10.6 Å². The minimum absolute atomic E-state index is 0.626. The van der Waals surface area contributed by atoms with Crippen molar-refractivity contribution >= 4 is 28.6 Å². The first-order valence-corrected chi connectivity index (χ1v) is 7.46. The maximum atomic E-state index is 6.35. The first-order valence-electron chi connectivity index (χ1n) is 6.21. The molecule has 1 aromatic carbocycles. The summed E-state index contributed by atoms with van der Waals surface area (Å²) in [5, 5.41) is 0.774. The summed E-state index contributed by atoms with van der Waals surface area (Å²) in [6.45, 7) is 3.48. The van der Waals surface area contributed by atoms with Gasteiger partial charge in [-0.3, -0.25) is 0 Å². The van der Waals surface area contributed by atoms with Crippen LogP contribution in [0.25, 0.3) is 0 Å². The summed E-state index contributed by atoms with van der Waals surface area (Å²) in [4.78, 5) is 7.72. The summed E-state index contributed by atoms with van der Waals surface area (Å²) in [6, 6.07) is 5.99. The molecule has 0 radical (unpaired) electrons. The van der Waals surface area contributed by atoms with Crippen LogP contribution in [0.2, 0.25) is 5.02 Å². The predicted molar refractivity (Wildman–Crippen MR) is 83.2 cm³/mol. The minimum Gasteiger partial charge on any atom is -0.368 e. The summed E-state index contributed by atoms with van der Waals surface area (Å²) in [5.74, 6) is 0. The highest BCUT2D eigenvalue weighted by Gasteiger charge is 2.13. The van der Waals surface area contributed by atoms with Crippen LogP contribution in [0.5, 0.6) is 0 Å². The van der Waals surface area contributed by atoms with E-state index in [4.69, 9.17) is 17.3 Å². The van der Waals surface area contributed by atoms with Crippen LogP contribution in [0.1, 0.15) is 16.1 Å². The van der Waals surface area contributed by atoms with Crippen molar-refractivity contribution in [2.24, 2.45) is 5.73 Å². The minimum atomic E-state index is 0.626. The summed E-state index contributed by atoms with van der Waals surface area (Å²) in [7, 11) is 2.06. The zero-order valence-electron chi connectivity index (χ0n) is 11.2. The highest BCUT2D eigenvalue weighted by molar-refractivity contribution is 7.09. The second kappa shape index (κ2) is 6.37. The van der Waals surface area contributed by atoms with Gasteiger partial charge in [0.05, 0.1) is 28.5 Å². The SMILES string of the molecule is Cc1ncsc1CN(C)c1c(Cl)cccc1CCN. The molecule has 2 aromatic rings. The largest absolute Gasteiger partial charge is 0.368 e. The maximum absolute atomic E-state index is 6.35. The highest BCUT2D eigenvalue weighted by Crippen LogP contribution is 2.31. The number of para-hydroxylation sites is 1. The molecule has 0 aliphatic heterocycles. The van der Waals surface area contributed by atoms with Crippen LogP contribution in [0.15, 0.2) is 23.7 Å². The number of rotatable bonds is 5. The number of hydrogen-bond donors (Lipinski definition) is 1. The van der Waals surface area contributed by atoms with E-state index in [1.54, 1.807) is 11.3 Å². The lowest BCUT2D eigenvalue weighted by atomic mass is 10.1. The first kappa shape index (κ1) is 14.3. The van der Waals surface area contributed by atoms with Gasteiger partial charge in [0.1, 0.15) is 0 Å². The van der Waals surface area contributed by atoms with E-state index in [0.717, 1.165) is 29.4 Å². The van der Waals surface area contributed by atoms with Crippen molar-refractivity contribution in [2.45, 2.75) is 19.9 Å². The summed E-state index contributed by atoms with van der Waals surface area (Å²) in [5.41, 5.74) is 10.9. The van der Waals surface area contributed by atoms with Gasteiger partial charge < -0.3 is 10.6 Å². The number of aryl methyl sites for hydroxylation is 1. The lowest BCUT2D eigenvalue weighted by Gasteiger charge is -2.23. The second-order valence-corrected chi connectivity index (χ2v) is 5.85. The van der Waals surface area contributed by atoms with Gasteiger partial charge in [-0.2, -0.15) is 0 Å². The Bertz CT molecular complexity index is 553. The van der Waals surface area contributed by atoms with E-state index in [0.29, 0.717) is 6.54 Å². The molecule has 0 atom stereocenters. The topological polar surface area (TPSA) is 42.2 Å². The van der Waals surface area contributed by atoms with Gasteiger partial charge in [-0.25, -0.2) is 4.98 Å². The molecule has 0 saturated heterocycles. The average Bonchev–Trinajstić information content (AvgIpc) is 2.75. The number of nitrogens with zero attached hydrogens (tertiary/aromatic N) is 2. The van der Waals surface area contributed by atoms with E-state index in [2.05, 4.69) is 23.0 Å². The van der Waals surface area contributed by atoms with E-state index < -0.39 is 0 Å². The van der Waals surface area contributed by atoms with E-state index in [9.17, 15) is 0 Å². The van der Waals surface area contributed by atoms with Gasteiger partial charge in [-0.1, -0.05) is 23.7 Å². The van der Waals surface area contributed by atoms with Gasteiger partial charge in [0, 0.05) is 11.9 Å². The zero-order valence-corrected chi connectivity index (χ0v) is 12.8. The Balaban J connectivity index is 2.27. The Hall–Kier alpha value is -1.10. The normalized spacial score (nSPS) is 10.7. The third-order valence-electron chi connectivity index (χ3n) is 3.09. The highest BCUT2D eigenvalue weighted by atomic mass is 35.5. The molecule has 0 spiro atoms. The second-order valence-electron chi connectivity index (χ2n) is 4.50.